The minimum absolute atomic E-state index is 0.124. The lowest BCUT2D eigenvalue weighted by Gasteiger charge is -2.07. The molecule has 0 atom stereocenters. The molecule has 0 aliphatic rings. The van der Waals surface area contributed by atoms with Gasteiger partial charge in [0.05, 0.1) is 0 Å². The van der Waals surface area contributed by atoms with E-state index in [2.05, 4.69) is 0 Å². The lowest BCUT2D eigenvalue weighted by Crippen LogP contribution is -2.44. The second-order valence-electron chi connectivity index (χ2n) is 4.88. The third kappa shape index (κ3) is 2.93. The maximum absolute atomic E-state index is 12.2. The highest BCUT2D eigenvalue weighted by atomic mass is 16.2. The zero-order chi connectivity index (χ0) is 18.0. The Morgan fingerprint density at radius 1 is 0.792 bits per heavy atom. The van der Waals surface area contributed by atoms with Crippen molar-refractivity contribution in [3.05, 3.63) is 65.2 Å². The molecule has 0 saturated heterocycles. The summed E-state index contributed by atoms with van der Waals surface area (Å²) in [7, 11) is 0. The second-order valence-corrected chi connectivity index (χ2v) is 4.88. The summed E-state index contributed by atoms with van der Waals surface area (Å²) in [6.45, 7) is 3.26. The molecule has 0 radical (unpaired) electrons. The topological polar surface area (TPSA) is 144 Å². The molecule has 126 valence electrons. The van der Waals surface area contributed by atoms with Crippen LogP contribution in [0.2, 0.25) is 0 Å². The minimum atomic E-state index is -1.33. The SMILES string of the molecule is CCc1cn(C(=O)C(=O)n2cc(CC)c(=O)[nH]c2=O)c(=O)[nH]c1=O. The van der Waals surface area contributed by atoms with Gasteiger partial charge >= 0.3 is 23.2 Å². The van der Waals surface area contributed by atoms with Crippen LogP contribution in [0.4, 0.5) is 0 Å². The lowest BCUT2D eigenvalue weighted by atomic mass is 10.2. The van der Waals surface area contributed by atoms with Gasteiger partial charge in [0.1, 0.15) is 0 Å². The average Bonchev–Trinajstić information content (AvgIpc) is 2.54. The number of hydrogen-bond acceptors (Lipinski definition) is 6. The van der Waals surface area contributed by atoms with Crippen LogP contribution in [0.1, 0.15) is 34.6 Å². The largest absolute Gasteiger partial charge is 0.335 e. The third-order valence-corrected chi connectivity index (χ3v) is 3.41. The number of aromatic nitrogens is 4. The zero-order valence-electron chi connectivity index (χ0n) is 12.9. The van der Waals surface area contributed by atoms with Gasteiger partial charge in [-0.25, -0.2) is 18.7 Å². The van der Waals surface area contributed by atoms with Crippen LogP contribution in [-0.4, -0.2) is 30.9 Å². The molecule has 0 unspecified atom stereocenters. The van der Waals surface area contributed by atoms with E-state index in [0.29, 0.717) is 9.13 Å². The Kier molecular flexibility index (Phi) is 4.58. The van der Waals surface area contributed by atoms with E-state index in [1.165, 1.54) is 0 Å². The number of carbonyl (C=O) groups is 2. The van der Waals surface area contributed by atoms with Crippen molar-refractivity contribution in [2.75, 3.05) is 0 Å². The Bertz CT molecular complexity index is 967. The van der Waals surface area contributed by atoms with E-state index < -0.39 is 34.3 Å². The van der Waals surface area contributed by atoms with Crippen molar-refractivity contribution < 1.29 is 9.59 Å². The zero-order valence-corrected chi connectivity index (χ0v) is 12.9. The first-order valence-electron chi connectivity index (χ1n) is 7.08. The molecule has 2 rings (SSSR count). The van der Waals surface area contributed by atoms with Crippen LogP contribution in [0, 0.1) is 0 Å². The molecule has 10 nitrogen and oxygen atoms in total. The molecule has 2 aromatic rings. The van der Waals surface area contributed by atoms with E-state index in [1.807, 2.05) is 9.97 Å². The summed E-state index contributed by atoms with van der Waals surface area (Å²) in [5.74, 6) is -2.66. The molecule has 2 heterocycles. The first-order chi connectivity index (χ1) is 11.3. The van der Waals surface area contributed by atoms with Crippen LogP contribution in [0.3, 0.4) is 0 Å². The fraction of sp³-hybridized carbons (Fsp3) is 0.286. The Hall–Kier alpha value is -3.30. The number of carbonyl (C=O) groups excluding carboxylic acids is 2. The summed E-state index contributed by atoms with van der Waals surface area (Å²) < 4.78 is 0.845. The number of rotatable bonds is 2. The van der Waals surface area contributed by atoms with Crippen LogP contribution in [0.5, 0.6) is 0 Å². The van der Waals surface area contributed by atoms with Gasteiger partial charge in [0, 0.05) is 23.5 Å². The van der Waals surface area contributed by atoms with Crippen LogP contribution in [0.25, 0.3) is 0 Å². The maximum Gasteiger partial charge on any atom is 0.335 e. The predicted molar refractivity (Wildman–Crippen MR) is 82.7 cm³/mol. The molecule has 0 bridgehead atoms. The van der Waals surface area contributed by atoms with E-state index in [0.717, 1.165) is 12.4 Å². The number of H-pyrrole nitrogens is 2. The number of hydrogen-bond donors (Lipinski definition) is 2. The standard InChI is InChI=1S/C14H14N4O6/c1-3-7-5-17(13(23)15-9(7)19)11(21)12(22)18-6-8(4-2)10(20)16-14(18)24/h5-6H,3-4H2,1-2H3,(H,15,19,23)(H,16,20,24). The fourth-order valence-electron chi connectivity index (χ4n) is 2.03. The number of aromatic amines is 2. The molecule has 0 saturated carbocycles. The van der Waals surface area contributed by atoms with E-state index in [9.17, 15) is 28.8 Å². The summed E-state index contributed by atoms with van der Waals surface area (Å²) in [5, 5.41) is 0. The average molecular weight is 334 g/mol. The van der Waals surface area contributed by atoms with Crippen molar-refractivity contribution in [2.45, 2.75) is 26.7 Å². The molecule has 0 fully saturated rings. The lowest BCUT2D eigenvalue weighted by molar-refractivity contribution is 0.0707. The maximum atomic E-state index is 12.2. The number of nitrogens with zero attached hydrogens (tertiary/aromatic N) is 2. The van der Waals surface area contributed by atoms with Crippen LogP contribution >= 0.6 is 0 Å². The highest BCUT2D eigenvalue weighted by Crippen LogP contribution is 1.94. The van der Waals surface area contributed by atoms with Crippen molar-refractivity contribution >= 4 is 11.8 Å². The highest BCUT2D eigenvalue weighted by molar-refractivity contribution is 6.36. The van der Waals surface area contributed by atoms with Crippen molar-refractivity contribution in [3.8, 4) is 0 Å². The van der Waals surface area contributed by atoms with E-state index >= 15 is 0 Å². The van der Waals surface area contributed by atoms with Crippen LogP contribution in [-0.2, 0) is 12.8 Å². The van der Waals surface area contributed by atoms with Gasteiger partial charge in [-0.05, 0) is 12.8 Å². The van der Waals surface area contributed by atoms with Gasteiger partial charge < -0.3 is 0 Å². The molecule has 0 aliphatic heterocycles. The van der Waals surface area contributed by atoms with Crippen LogP contribution in [0.15, 0.2) is 31.6 Å². The smallest absolute Gasteiger partial charge is 0.273 e. The normalized spacial score (nSPS) is 10.6. The molecule has 24 heavy (non-hydrogen) atoms. The summed E-state index contributed by atoms with van der Waals surface area (Å²) in [6, 6.07) is 0. The van der Waals surface area contributed by atoms with E-state index in [4.69, 9.17) is 0 Å². The summed E-state index contributed by atoms with van der Waals surface area (Å²) >= 11 is 0. The van der Waals surface area contributed by atoms with Gasteiger partial charge in [-0.1, -0.05) is 13.8 Å². The molecule has 2 N–H and O–H groups in total. The summed E-state index contributed by atoms with van der Waals surface area (Å²) in [4.78, 5) is 74.8. The second kappa shape index (κ2) is 6.44. The first-order valence-corrected chi connectivity index (χ1v) is 7.08. The Morgan fingerprint density at radius 2 is 1.12 bits per heavy atom. The monoisotopic (exact) mass is 334 g/mol. The van der Waals surface area contributed by atoms with Gasteiger partial charge in [-0.2, -0.15) is 0 Å². The Balaban J connectivity index is 2.58. The quantitative estimate of drug-likeness (QED) is 0.639. The minimum Gasteiger partial charge on any atom is -0.273 e. The number of aryl methyl sites for hydroxylation is 2. The van der Waals surface area contributed by atoms with Gasteiger partial charge in [-0.15, -0.1) is 0 Å². The summed E-state index contributed by atoms with van der Waals surface area (Å²) in [5.41, 5.74) is -3.26. The van der Waals surface area contributed by atoms with Crippen molar-refractivity contribution in [2.24, 2.45) is 0 Å². The van der Waals surface area contributed by atoms with E-state index in [-0.39, 0.29) is 24.0 Å². The molecule has 0 aromatic carbocycles. The predicted octanol–water partition coefficient (Wildman–Crippen LogP) is -1.51. The fourth-order valence-corrected chi connectivity index (χ4v) is 2.03. The number of nitrogens with one attached hydrogen (secondary N) is 2. The molecular weight excluding hydrogens is 320 g/mol. The first kappa shape index (κ1) is 17.1. The molecule has 0 spiro atoms. The molecule has 10 heteroatoms. The van der Waals surface area contributed by atoms with Gasteiger partial charge in [0.2, 0.25) is 0 Å². The Morgan fingerprint density at radius 3 is 1.42 bits per heavy atom. The third-order valence-electron chi connectivity index (χ3n) is 3.41. The molecule has 0 amide bonds. The molecule has 2 aromatic heterocycles. The van der Waals surface area contributed by atoms with Gasteiger partial charge in [-0.3, -0.25) is 29.1 Å². The molecular formula is C14H14N4O6. The van der Waals surface area contributed by atoms with Gasteiger partial charge in [0.25, 0.3) is 11.1 Å². The van der Waals surface area contributed by atoms with Crippen molar-refractivity contribution in [1.29, 1.82) is 0 Å². The van der Waals surface area contributed by atoms with Crippen LogP contribution < -0.4 is 22.5 Å². The van der Waals surface area contributed by atoms with Crippen molar-refractivity contribution in [3.63, 3.8) is 0 Å². The van der Waals surface area contributed by atoms with Gasteiger partial charge in [0.15, 0.2) is 0 Å². The summed E-state index contributed by atoms with van der Waals surface area (Å²) in [6.07, 6.45) is 2.38. The molecule has 0 aliphatic carbocycles. The Labute approximate surface area is 133 Å². The van der Waals surface area contributed by atoms with Crippen molar-refractivity contribution in [1.82, 2.24) is 19.1 Å². The van der Waals surface area contributed by atoms with E-state index in [1.54, 1.807) is 13.8 Å². The highest BCUT2D eigenvalue weighted by Gasteiger charge is 2.22.